The van der Waals surface area contributed by atoms with Crippen LogP contribution in [-0.2, 0) is 19.1 Å². The Morgan fingerprint density at radius 1 is 1.12 bits per heavy atom. The number of likely N-dealkylation sites (N-methyl/N-ethyl adjacent to an activating group) is 1. The Bertz CT molecular complexity index is 689. The maximum atomic E-state index is 13.7. The van der Waals surface area contributed by atoms with Gasteiger partial charge in [-0.25, -0.2) is 4.79 Å². The van der Waals surface area contributed by atoms with E-state index >= 15 is 0 Å². The van der Waals surface area contributed by atoms with Gasteiger partial charge >= 0.3 is 5.97 Å². The smallest absolute Gasteiger partial charge is 0.333 e. The zero-order chi connectivity index (χ0) is 25.3. The molecule has 1 saturated heterocycles. The van der Waals surface area contributed by atoms with Crippen molar-refractivity contribution in [2.24, 2.45) is 11.8 Å². The first-order valence-electron chi connectivity index (χ1n) is 12.6. The summed E-state index contributed by atoms with van der Waals surface area (Å²) in [7, 11) is 1.75. The number of nitrogens with zero attached hydrogens (tertiary/aromatic N) is 2. The Morgan fingerprint density at radius 3 is 2.27 bits per heavy atom. The molecule has 0 aromatic carbocycles. The molecule has 1 fully saturated rings. The minimum absolute atomic E-state index is 0.0112. The van der Waals surface area contributed by atoms with Crippen LogP contribution in [0.2, 0.25) is 0 Å². The molecule has 0 aromatic heterocycles. The molecule has 33 heavy (non-hydrogen) atoms. The van der Waals surface area contributed by atoms with Gasteiger partial charge in [0.25, 0.3) is 0 Å². The zero-order valence-electron chi connectivity index (χ0n) is 22.3. The van der Waals surface area contributed by atoms with Crippen molar-refractivity contribution in [3.8, 4) is 0 Å². The average molecular weight is 466 g/mol. The largest absolute Gasteiger partial charge is 0.463 e. The Hall–Kier alpha value is -1.89. The molecule has 0 aliphatic carbocycles. The van der Waals surface area contributed by atoms with E-state index in [1.165, 1.54) is 0 Å². The molecule has 0 radical (unpaired) electrons. The molecule has 7 nitrogen and oxygen atoms in total. The summed E-state index contributed by atoms with van der Waals surface area (Å²) in [6, 6.07) is -0.814. The van der Waals surface area contributed by atoms with Crippen LogP contribution in [0.1, 0.15) is 81.1 Å². The van der Waals surface area contributed by atoms with Crippen LogP contribution >= 0.6 is 0 Å². The van der Waals surface area contributed by atoms with E-state index in [1.807, 2.05) is 27.7 Å². The SMILES string of the molecule is CCOC(=O)C(C)=CC(C(C)C)N(C)C(=O)[C@@H](NC(=O)[C@H]1CCCCN1C(C)C)[C@@H](C)CC. The van der Waals surface area contributed by atoms with Crippen LogP contribution in [0, 0.1) is 11.8 Å². The third kappa shape index (κ3) is 8.13. The Kier molecular flexibility index (Phi) is 12.1. The number of hydrogen-bond acceptors (Lipinski definition) is 5. The molecule has 2 amide bonds. The van der Waals surface area contributed by atoms with Gasteiger partial charge in [-0.3, -0.25) is 14.5 Å². The van der Waals surface area contributed by atoms with Crippen LogP contribution in [0.4, 0.5) is 0 Å². The Morgan fingerprint density at radius 2 is 1.76 bits per heavy atom. The summed E-state index contributed by atoms with van der Waals surface area (Å²) >= 11 is 0. The third-order valence-corrected chi connectivity index (χ3v) is 6.78. The van der Waals surface area contributed by atoms with Crippen molar-refractivity contribution in [1.82, 2.24) is 15.1 Å². The zero-order valence-corrected chi connectivity index (χ0v) is 22.3. The molecule has 7 heteroatoms. The number of esters is 1. The highest BCUT2D eigenvalue weighted by Gasteiger charge is 2.36. The predicted molar refractivity (Wildman–Crippen MR) is 133 cm³/mol. The first kappa shape index (κ1) is 29.1. The lowest BCUT2D eigenvalue weighted by molar-refractivity contribution is -0.140. The summed E-state index contributed by atoms with van der Waals surface area (Å²) in [6.07, 6.45) is 5.51. The van der Waals surface area contributed by atoms with Crippen molar-refractivity contribution in [1.29, 1.82) is 0 Å². The lowest BCUT2D eigenvalue weighted by Crippen LogP contribution is -2.59. The van der Waals surface area contributed by atoms with E-state index in [0.29, 0.717) is 12.2 Å². The van der Waals surface area contributed by atoms with Gasteiger partial charge in [0.05, 0.1) is 18.7 Å². The van der Waals surface area contributed by atoms with E-state index in [0.717, 1.165) is 32.2 Å². The minimum atomic E-state index is -0.610. The maximum Gasteiger partial charge on any atom is 0.333 e. The van der Waals surface area contributed by atoms with Gasteiger partial charge in [0.2, 0.25) is 11.8 Å². The number of ether oxygens (including phenoxy) is 1. The van der Waals surface area contributed by atoms with Crippen LogP contribution in [0.3, 0.4) is 0 Å². The number of likely N-dealkylation sites (tertiary alicyclic amines) is 1. The lowest BCUT2D eigenvalue weighted by Gasteiger charge is -2.39. The molecule has 1 rings (SSSR count). The van der Waals surface area contributed by atoms with Gasteiger partial charge in [0.1, 0.15) is 6.04 Å². The summed E-state index contributed by atoms with van der Waals surface area (Å²) in [5.74, 6) is -0.484. The number of amides is 2. The summed E-state index contributed by atoms with van der Waals surface area (Å²) in [4.78, 5) is 43.0. The van der Waals surface area contributed by atoms with Gasteiger partial charge in [0.15, 0.2) is 0 Å². The van der Waals surface area contributed by atoms with E-state index in [4.69, 9.17) is 4.74 Å². The second-order valence-electron chi connectivity index (χ2n) is 9.97. The highest BCUT2D eigenvalue weighted by molar-refractivity contribution is 5.91. The van der Waals surface area contributed by atoms with Gasteiger partial charge in [0, 0.05) is 18.7 Å². The highest BCUT2D eigenvalue weighted by Crippen LogP contribution is 2.22. The summed E-state index contributed by atoms with van der Waals surface area (Å²) in [5, 5.41) is 3.11. The van der Waals surface area contributed by atoms with Crippen LogP contribution < -0.4 is 5.32 Å². The average Bonchev–Trinajstić information content (AvgIpc) is 2.78. The molecular formula is C26H47N3O4. The van der Waals surface area contributed by atoms with Gasteiger partial charge in [-0.1, -0.05) is 46.6 Å². The second-order valence-corrected chi connectivity index (χ2v) is 9.97. The first-order chi connectivity index (χ1) is 15.5. The van der Waals surface area contributed by atoms with Crippen LogP contribution in [0.25, 0.3) is 0 Å². The van der Waals surface area contributed by atoms with Crippen molar-refractivity contribution < 1.29 is 19.1 Å². The van der Waals surface area contributed by atoms with E-state index in [9.17, 15) is 14.4 Å². The fourth-order valence-corrected chi connectivity index (χ4v) is 4.47. The van der Waals surface area contributed by atoms with E-state index in [1.54, 1.807) is 31.9 Å². The summed E-state index contributed by atoms with van der Waals surface area (Å²) in [5.41, 5.74) is 0.481. The van der Waals surface area contributed by atoms with Crippen molar-refractivity contribution in [2.75, 3.05) is 20.2 Å². The van der Waals surface area contributed by atoms with Crippen molar-refractivity contribution in [2.45, 2.75) is 105 Å². The maximum absolute atomic E-state index is 13.7. The van der Waals surface area contributed by atoms with Crippen molar-refractivity contribution in [3.05, 3.63) is 11.6 Å². The lowest BCUT2D eigenvalue weighted by atomic mass is 9.93. The summed E-state index contributed by atoms with van der Waals surface area (Å²) in [6.45, 7) is 17.0. The van der Waals surface area contributed by atoms with Crippen molar-refractivity contribution in [3.63, 3.8) is 0 Å². The number of carbonyl (C=O) groups is 3. The van der Waals surface area contributed by atoms with Gasteiger partial charge < -0.3 is 15.0 Å². The number of carbonyl (C=O) groups excluding carboxylic acids is 3. The molecule has 4 atom stereocenters. The molecule has 0 bridgehead atoms. The molecule has 1 aliphatic rings. The second kappa shape index (κ2) is 13.7. The van der Waals surface area contributed by atoms with Gasteiger partial charge in [-0.05, 0) is 58.9 Å². The minimum Gasteiger partial charge on any atom is -0.463 e. The monoisotopic (exact) mass is 465 g/mol. The molecule has 0 saturated carbocycles. The van der Waals surface area contributed by atoms with E-state index in [2.05, 4.69) is 24.1 Å². The Labute approximate surface area is 201 Å². The standard InChI is InChI=1S/C26H47N3O4/c1-10-19(7)23(27-24(30)21-14-12-13-15-29(21)18(5)6)25(31)28(9)22(17(3)4)16-20(8)26(32)33-11-2/h16-19,21-23H,10-15H2,1-9H3,(H,27,30)/t19-,21+,22?,23-/m0/s1. The molecule has 1 aliphatic heterocycles. The number of nitrogens with one attached hydrogen (secondary N) is 1. The molecule has 1 N–H and O–H groups in total. The fourth-order valence-electron chi connectivity index (χ4n) is 4.47. The first-order valence-corrected chi connectivity index (χ1v) is 12.6. The van der Waals surface area contributed by atoms with Crippen LogP contribution in [0.5, 0.6) is 0 Å². The quantitative estimate of drug-likeness (QED) is 0.371. The molecular weight excluding hydrogens is 418 g/mol. The number of hydrogen-bond donors (Lipinski definition) is 1. The topological polar surface area (TPSA) is 79.0 Å². The molecule has 1 heterocycles. The predicted octanol–water partition coefficient (Wildman–Crippen LogP) is 3.77. The van der Waals surface area contributed by atoms with Crippen LogP contribution in [-0.4, -0.2) is 72.0 Å². The molecule has 190 valence electrons. The third-order valence-electron chi connectivity index (χ3n) is 6.78. The van der Waals surface area contributed by atoms with Crippen molar-refractivity contribution >= 4 is 17.8 Å². The van der Waals surface area contributed by atoms with Gasteiger partial charge in [-0.15, -0.1) is 0 Å². The molecule has 0 aromatic rings. The number of rotatable bonds is 11. The number of piperidine rings is 1. The Balaban J connectivity index is 3.12. The fraction of sp³-hybridized carbons (Fsp3) is 0.808. The normalized spacial score (nSPS) is 20.3. The van der Waals surface area contributed by atoms with E-state index < -0.39 is 6.04 Å². The van der Waals surface area contributed by atoms with Gasteiger partial charge in [-0.2, -0.15) is 0 Å². The van der Waals surface area contributed by atoms with E-state index in [-0.39, 0.29) is 47.7 Å². The van der Waals surface area contributed by atoms with Crippen LogP contribution in [0.15, 0.2) is 11.6 Å². The molecule has 0 spiro atoms. The molecule has 1 unspecified atom stereocenters. The summed E-state index contributed by atoms with van der Waals surface area (Å²) < 4.78 is 5.10. The highest BCUT2D eigenvalue weighted by atomic mass is 16.5.